The van der Waals surface area contributed by atoms with Gasteiger partial charge in [-0.15, -0.1) is 6.58 Å². The first kappa shape index (κ1) is 8.51. The number of carbonyl (C=O) groups is 1. The van der Waals surface area contributed by atoms with Gasteiger partial charge in [-0.1, -0.05) is 12.0 Å². The molecule has 1 fully saturated rings. The summed E-state index contributed by atoms with van der Waals surface area (Å²) in [5, 5.41) is 0. The van der Waals surface area contributed by atoms with Crippen molar-refractivity contribution in [2.24, 2.45) is 5.92 Å². The van der Waals surface area contributed by atoms with Crippen LogP contribution < -0.4 is 0 Å². The predicted octanol–water partition coefficient (Wildman–Crippen LogP) is 2.71. The molecule has 1 nitrogen and oxygen atoms in total. The molecule has 0 aromatic heterocycles. The average Bonchev–Trinajstić information content (AvgIpc) is 1.93. The molecule has 1 saturated carbocycles. The fourth-order valence-corrected chi connectivity index (χ4v) is 1.69. The van der Waals surface area contributed by atoms with Gasteiger partial charge < -0.3 is 0 Å². The van der Waals surface area contributed by atoms with Crippen molar-refractivity contribution in [2.45, 2.75) is 39.0 Å². The fourth-order valence-electron chi connectivity index (χ4n) is 1.69. The molecule has 62 valence electrons. The number of ketones is 1. The Morgan fingerprint density at radius 2 is 2.36 bits per heavy atom. The largest absolute Gasteiger partial charge is 0.299 e. The van der Waals surface area contributed by atoms with E-state index in [0.29, 0.717) is 11.7 Å². The molecule has 0 bridgehead atoms. The molecule has 0 heterocycles. The molecule has 0 aromatic carbocycles. The lowest BCUT2D eigenvalue weighted by atomic mass is 9.84. The third-order valence-corrected chi connectivity index (χ3v) is 2.28. The van der Waals surface area contributed by atoms with Crippen molar-refractivity contribution in [3.05, 3.63) is 12.2 Å². The zero-order valence-corrected chi connectivity index (χ0v) is 7.23. The first-order chi connectivity index (χ1) is 5.20. The molecule has 0 aliphatic heterocycles. The van der Waals surface area contributed by atoms with Crippen LogP contribution in [0.15, 0.2) is 12.2 Å². The summed E-state index contributed by atoms with van der Waals surface area (Å²) in [7, 11) is 0. The van der Waals surface area contributed by atoms with Gasteiger partial charge in [0.25, 0.3) is 0 Å². The van der Waals surface area contributed by atoms with Crippen LogP contribution in [0.3, 0.4) is 0 Å². The maximum atomic E-state index is 11.3. The summed E-state index contributed by atoms with van der Waals surface area (Å²) in [5.41, 5.74) is 1.14. The minimum Gasteiger partial charge on any atom is -0.299 e. The highest BCUT2D eigenvalue weighted by Gasteiger charge is 2.21. The van der Waals surface area contributed by atoms with Crippen molar-refractivity contribution in [1.29, 1.82) is 0 Å². The van der Waals surface area contributed by atoms with Gasteiger partial charge in [0.2, 0.25) is 0 Å². The molecular formula is C10H16O. The van der Waals surface area contributed by atoms with Crippen LogP contribution in [-0.2, 0) is 4.79 Å². The number of carbonyl (C=O) groups excluding carboxylic acids is 1. The van der Waals surface area contributed by atoms with Crippen LogP contribution >= 0.6 is 0 Å². The second-order valence-electron chi connectivity index (χ2n) is 3.57. The molecule has 1 aliphatic carbocycles. The van der Waals surface area contributed by atoms with Gasteiger partial charge in [-0.3, -0.25) is 4.79 Å². The topological polar surface area (TPSA) is 17.1 Å². The summed E-state index contributed by atoms with van der Waals surface area (Å²) in [6.07, 6.45) is 5.14. The fraction of sp³-hybridized carbons (Fsp3) is 0.700. The van der Waals surface area contributed by atoms with E-state index >= 15 is 0 Å². The van der Waals surface area contributed by atoms with E-state index in [9.17, 15) is 4.79 Å². The lowest BCUT2D eigenvalue weighted by Crippen LogP contribution is -2.18. The second-order valence-corrected chi connectivity index (χ2v) is 3.57. The first-order valence-electron chi connectivity index (χ1n) is 4.37. The van der Waals surface area contributed by atoms with Gasteiger partial charge in [0.05, 0.1) is 0 Å². The summed E-state index contributed by atoms with van der Waals surface area (Å²) in [6, 6.07) is 0. The molecule has 1 unspecified atom stereocenters. The third kappa shape index (κ3) is 2.49. The molecule has 0 N–H and O–H groups in total. The van der Waals surface area contributed by atoms with Gasteiger partial charge in [0.15, 0.2) is 0 Å². The standard InChI is InChI=1S/C10H16O/c1-8(2)7-9-5-3-4-6-10(9)11/h9H,1,3-7H2,2H3. The van der Waals surface area contributed by atoms with Crippen LogP contribution in [0, 0.1) is 5.92 Å². The highest BCUT2D eigenvalue weighted by Crippen LogP contribution is 2.25. The van der Waals surface area contributed by atoms with Crippen LogP contribution in [0.5, 0.6) is 0 Å². The average molecular weight is 152 g/mol. The molecule has 0 saturated heterocycles. The lowest BCUT2D eigenvalue weighted by Gasteiger charge is -2.19. The van der Waals surface area contributed by atoms with E-state index in [0.717, 1.165) is 31.3 Å². The SMILES string of the molecule is C=C(C)CC1CCCCC1=O. The molecule has 1 aliphatic rings. The zero-order valence-electron chi connectivity index (χ0n) is 7.23. The number of rotatable bonds is 2. The maximum absolute atomic E-state index is 11.3. The van der Waals surface area contributed by atoms with Crippen molar-refractivity contribution in [3.63, 3.8) is 0 Å². The van der Waals surface area contributed by atoms with Gasteiger partial charge in [-0.2, -0.15) is 0 Å². The Hall–Kier alpha value is -0.590. The maximum Gasteiger partial charge on any atom is 0.136 e. The third-order valence-electron chi connectivity index (χ3n) is 2.28. The van der Waals surface area contributed by atoms with E-state index in [-0.39, 0.29) is 0 Å². The smallest absolute Gasteiger partial charge is 0.136 e. The summed E-state index contributed by atoms with van der Waals surface area (Å²) < 4.78 is 0. The molecule has 1 heteroatoms. The Morgan fingerprint density at radius 1 is 1.64 bits per heavy atom. The molecule has 0 spiro atoms. The van der Waals surface area contributed by atoms with Gasteiger partial charge >= 0.3 is 0 Å². The Labute approximate surface area is 68.5 Å². The van der Waals surface area contributed by atoms with E-state index in [1.54, 1.807) is 0 Å². The Balaban J connectivity index is 2.42. The minimum atomic E-state index is 0.307. The first-order valence-corrected chi connectivity index (χ1v) is 4.37. The normalized spacial score (nSPS) is 25.2. The molecular weight excluding hydrogens is 136 g/mol. The number of Topliss-reactive ketones (excluding diaryl/α,β-unsaturated/α-hetero) is 1. The monoisotopic (exact) mass is 152 g/mol. The summed E-state index contributed by atoms with van der Waals surface area (Å²) >= 11 is 0. The number of hydrogen-bond donors (Lipinski definition) is 0. The molecule has 1 atom stereocenters. The van der Waals surface area contributed by atoms with Crippen molar-refractivity contribution in [3.8, 4) is 0 Å². The van der Waals surface area contributed by atoms with E-state index < -0.39 is 0 Å². The van der Waals surface area contributed by atoms with Gasteiger partial charge in [0, 0.05) is 12.3 Å². The second kappa shape index (κ2) is 3.70. The van der Waals surface area contributed by atoms with Gasteiger partial charge in [-0.05, 0) is 26.2 Å². The molecule has 11 heavy (non-hydrogen) atoms. The summed E-state index contributed by atoms with van der Waals surface area (Å²) in [4.78, 5) is 11.3. The van der Waals surface area contributed by atoms with Crippen LogP contribution in [0.2, 0.25) is 0 Å². The van der Waals surface area contributed by atoms with E-state index in [1.165, 1.54) is 6.42 Å². The highest BCUT2D eigenvalue weighted by molar-refractivity contribution is 5.81. The molecule has 0 radical (unpaired) electrons. The van der Waals surface area contributed by atoms with Crippen molar-refractivity contribution in [1.82, 2.24) is 0 Å². The van der Waals surface area contributed by atoms with Crippen LogP contribution in [-0.4, -0.2) is 5.78 Å². The zero-order chi connectivity index (χ0) is 8.27. The van der Waals surface area contributed by atoms with E-state index in [2.05, 4.69) is 6.58 Å². The van der Waals surface area contributed by atoms with E-state index in [1.807, 2.05) is 6.92 Å². The van der Waals surface area contributed by atoms with E-state index in [4.69, 9.17) is 0 Å². The Morgan fingerprint density at radius 3 is 2.91 bits per heavy atom. The Kier molecular flexibility index (Phi) is 2.86. The lowest BCUT2D eigenvalue weighted by molar-refractivity contribution is -0.124. The molecule has 0 amide bonds. The van der Waals surface area contributed by atoms with Gasteiger partial charge in [-0.25, -0.2) is 0 Å². The summed E-state index contributed by atoms with van der Waals surface area (Å²) in [5.74, 6) is 0.764. The molecule has 0 aromatic rings. The van der Waals surface area contributed by atoms with Crippen LogP contribution in [0.4, 0.5) is 0 Å². The van der Waals surface area contributed by atoms with Gasteiger partial charge in [0.1, 0.15) is 5.78 Å². The minimum absolute atomic E-state index is 0.307. The number of allylic oxidation sites excluding steroid dienone is 1. The van der Waals surface area contributed by atoms with Crippen molar-refractivity contribution >= 4 is 5.78 Å². The quantitative estimate of drug-likeness (QED) is 0.556. The number of hydrogen-bond acceptors (Lipinski definition) is 1. The predicted molar refractivity (Wildman–Crippen MR) is 46.4 cm³/mol. The highest BCUT2D eigenvalue weighted by atomic mass is 16.1. The van der Waals surface area contributed by atoms with Crippen LogP contribution in [0.25, 0.3) is 0 Å². The Bertz CT molecular complexity index is 170. The van der Waals surface area contributed by atoms with Crippen molar-refractivity contribution in [2.75, 3.05) is 0 Å². The summed E-state index contributed by atoms with van der Waals surface area (Å²) in [6.45, 7) is 5.83. The van der Waals surface area contributed by atoms with Crippen LogP contribution in [0.1, 0.15) is 39.0 Å². The van der Waals surface area contributed by atoms with Crippen molar-refractivity contribution < 1.29 is 4.79 Å². The molecule has 1 rings (SSSR count).